The van der Waals surface area contributed by atoms with Gasteiger partial charge in [-0.2, -0.15) is 9.67 Å². The Morgan fingerprint density at radius 3 is 2.70 bits per heavy atom. The van der Waals surface area contributed by atoms with Gasteiger partial charge in [0, 0.05) is 29.9 Å². The van der Waals surface area contributed by atoms with Crippen LogP contribution in [0.3, 0.4) is 0 Å². The van der Waals surface area contributed by atoms with Crippen molar-refractivity contribution in [3.8, 4) is 5.88 Å². The lowest BCUT2D eigenvalue weighted by molar-refractivity contribution is 0.362. The summed E-state index contributed by atoms with van der Waals surface area (Å²) in [5, 5.41) is 7.11. The van der Waals surface area contributed by atoms with E-state index in [1.165, 1.54) is 11.1 Å². The number of aromatic nitrogens is 5. The number of hydrogen-bond donors (Lipinski definition) is 2. The van der Waals surface area contributed by atoms with E-state index >= 15 is 0 Å². The predicted molar refractivity (Wildman–Crippen MR) is 127 cm³/mol. The van der Waals surface area contributed by atoms with Gasteiger partial charge in [0.05, 0.1) is 6.20 Å². The maximum Gasteiger partial charge on any atom is 0.278 e. The molecule has 0 saturated heterocycles. The molecule has 0 atom stereocenters. The van der Waals surface area contributed by atoms with Gasteiger partial charge in [0.15, 0.2) is 5.65 Å². The van der Waals surface area contributed by atoms with Crippen molar-refractivity contribution in [1.82, 2.24) is 29.6 Å². The molecule has 1 aliphatic rings. The second-order valence-electron chi connectivity index (χ2n) is 9.78. The van der Waals surface area contributed by atoms with E-state index in [2.05, 4.69) is 32.7 Å². The summed E-state index contributed by atoms with van der Waals surface area (Å²) in [7, 11) is 0. The fourth-order valence-electron chi connectivity index (χ4n) is 4.13. The third-order valence-electron chi connectivity index (χ3n) is 5.81. The Bertz CT molecular complexity index is 1390. The van der Waals surface area contributed by atoms with Crippen LogP contribution in [0.4, 0.5) is 11.6 Å². The van der Waals surface area contributed by atoms with Crippen LogP contribution in [-0.2, 0) is 18.4 Å². The molecule has 4 heterocycles. The van der Waals surface area contributed by atoms with Gasteiger partial charge in [0.1, 0.15) is 5.39 Å². The monoisotopic (exact) mass is 447 g/mol. The maximum atomic E-state index is 13.2. The molecule has 0 fully saturated rings. The van der Waals surface area contributed by atoms with E-state index < -0.39 is 0 Å². The first-order valence-corrected chi connectivity index (χ1v) is 11.3. The topological polar surface area (TPSA) is 103 Å². The van der Waals surface area contributed by atoms with Gasteiger partial charge >= 0.3 is 0 Å². The van der Waals surface area contributed by atoms with Crippen molar-refractivity contribution < 1.29 is 4.42 Å². The zero-order chi connectivity index (χ0) is 23.3. The standard InChI is InChI=1S/C24H29N7O2/c1-14(2)30-21(32)18-12-27-23(28-17-7-6-16-11-25-9-8-15(16)10-17)29-20(18)31(30)19-13-26-22(33-19)24(3,4)5/h6-7,10,12-14,25H,8-9,11H2,1-5H3,(H,27,28,29). The Hall–Kier alpha value is -3.46. The molecule has 172 valence electrons. The van der Waals surface area contributed by atoms with Crippen LogP contribution in [0.5, 0.6) is 0 Å². The molecule has 0 spiro atoms. The van der Waals surface area contributed by atoms with Gasteiger partial charge in [-0.1, -0.05) is 26.8 Å². The van der Waals surface area contributed by atoms with Crippen molar-refractivity contribution in [3.63, 3.8) is 0 Å². The van der Waals surface area contributed by atoms with Crippen LogP contribution in [0.15, 0.2) is 39.8 Å². The first-order chi connectivity index (χ1) is 15.7. The third-order valence-corrected chi connectivity index (χ3v) is 5.81. The average Bonchev–Trinajstić information content (AvgIpc) is 3.37. The zero-order valence-corrected chi connectivity index (χ0v) is 19.6. The van der Waals surface area contributed by atoms with Crippen molar-refractivity contribution >= 4 is 22.7 Å². The number of oxazole rings is 1. The zero-order valence-electron chi connectivity index (χ0n) is 19.6. The SMILES string of the molecule is CC(C)n1c(=O)c2cnc(Nc3ccc4c(c3)CCNC4)nc2n1-c1cnc(C(C)(C)C)o1. The van der Waals surface area contributed by atoms with E-state index in [4.69, 9.17) is 9.40 Å². The maximum absolute atomic E-state index is 13.2. The number of fused-ring (bicyclic) bond motifs is 2. The van der Waals surface area contributed by atoms with Crippen LogP contribution in [0.25, 0.3) is 16.9 Å². The highest BCUT2D eigenvalue weighted by Crippen LogP contribution is 2.26. The van der Waals surface area contributed by atoms with Crippen LogP contribution < -0.4 is 16.2 Å². The van der Waals surface area contributed by atoms with Crippen molar-refractivity contribution in [1.29, 1.82) is 0 Å². The quantitative estimate of drug-likeness (QED) is 0.490. The summed E-state index contributed by atoms with van der Waals surface area (Å²) in [6, 6.07) is 6.18. The molecule has 9 heteroatoms. The van der Waals surface area contributed by atoms with Crippen molar-refractivity contribution in [2.24, 2.45) is 0 Å². The van der Waals surface area contributed by atoms with Crippen LogP contribution in [0, 0.1) is 0 Å². The lowest BCUT2D eigenvalue weighted by atomic mass is 9.97. The van der Waals surface area contributed by atoms with Crippen LogP contribution in [0.1, 0.15) is 57.7 Å². The summed E-state index contributed by atoms with van der Waals surface area (Å²) in [4.78, 5) is 26.7. The predicted octanol–water partition coefficient (Wildman–Crippen LogP) is 3.84. The molecule has 0 radical (unpaired) electrons. The molecule has 33 heavy (non-hydrogen) atoms. The summed E-state index contributed by atoms with van der Waals surface area (Å²) in [5.41, 5.74) is 3.60. The normalized spacial score (nSPS) is 14.1. The Labute approximate surface area is 191 Å². The molecular weight excluding hydrogens is 418 g/mol. The van der Waals surface area contributed by atoms with Crippen molar-refractivity contribution in [2.75, 3.05) is 11.9 Å². The number of nitrogens with one attached hydrogen (secondary N) is 2. The molecule has 0 saturated carbocycles. The van der Waals surface area contributed by atoms with Gasteiger partial charge in [-0.25, -0.2) is 14.6 Å². The molecule has 4 aromatic rings. The second-order valence-corrected chi connectivity index (χ2v) is 9.78. The molecule has 1 aliphatic heterocycles. The van der Waals surface area contributed by atoms with Crippen molar-refractivity contribution in [3.05, 3.63) is 58.0 Å². The summed E-state index contributed by atoms with van der Waals surface area (Å²) >= 11 is 0. The summed E-state index contributed by atoms with van der Waals surface area (Å²) < 4.78 is 9.40. The largest absolute Gasteiger partial charge is 0.422 e. The third kappa shape index (κ3) is 3.82. The van der Waals surface area contributed by atoms with E-state index in [0.717, 1.165) is 25.2 Å². The Morgan fingerprint density at radius 1 is 1.15 bits per heavy atom. The minimum absolute atomic E-state index is 0.111. The van der Waals surface area contributed by atoms with Gasteiger partial charge in [-0.05, 0) is 50.1 Å². The Balaban J connectivity index is 1.61. The van der Waals surface area contributed by atoms with Crippen LogP contribution in [-0.4, -0.2) is 30.9 Å². The average molecular weight is 448 g/mol. The van der Waals surface area contributed by atoms with Gasteiger partial charge in [0.2, 0.25) is 17.7 Å². The van der Waals surface area contributed by atoms with E-state index in [9.17, 15) is 4.79 Å². The highest BCUT2D eigenvalue weighted by molar-refractivity contribution is 5.77. The molecule has 3 aromatic heterocycles. The second kappa shape index (κ2) is 7.84. The summed E-state index contributed by atoms with van der Waals surface area (Å²) in [6.07, 6.45) is 4.21. The molecule has 9 nitrogen and oxygen atoms in total. The van der Waals surface area contributed by atoms with Crippen molar-refractivity contribution in [2.45, 2.75) is 59.0 Å². The molecular formula is C24H29N7O2. The molecule has 0 amide bonds. The molecule has 0 bridgehead atoms. The lowest BCUT2D eigenvalue weighted by Crippen LogP contribution is -2.24. The molecule has 1 aromatic carbocycles. The Kier molecular flexibility index (Phi) is 5.08. The summed E-state index contributed by atoms with van der Waals surface area (Å²) in [6.45, 7) is 11.9. The number of nitrogens with zero attached hydrogens (tertiary/aromatic N) is 5. The number of rotatable bonds is 4. The summed E-state index contributed by atoms with van der Waals surface area (Å²) in [5.74, 6) is 1.46. The van der Waals surface area contributed by atoms with Crippen LogP contribution >= 0.6 is 0 Å². The smallest absolute Gasteiger partial charge is 0.278 e. The first-order valence-electron chi connectivity index (χ1n) is 11.3. The molecule has 2 N–H and O–H groups in total. The Morgan fingerprint density at radius 2 is 1.97 bits per heavy atom. The lowest BCUT2D eigenvalue weighted by Gasteiger charge is -2.18. The van der Waals surface area contributed by atoms with Gasteiger partial charge < -0.3 is 15.1 Å². The highest BCUT2D eigenvalue weighted by Gasteiger charge is 2.25. The molecule has 5 rings (SSSR count). The van der Waals surface area contributed by atoms with E-state index in [1.807, 2.05) is 40.7 Å². The minimum Gasteiger partial charge on any atom is -0.422 e. The van der Waals surface area contributed by atoms with Gasteiger partial charge in [0.25, 0.3) is 5.56 Å². The van der Waals surface area contributed by atoms with Gasteiger partial charge in [-0.3, -0.25) is 4.79 Å². The molecule has 0 unspecified atom stereocenters. The van der Waals surface area contributed by atoms with E-state index in [1.54, 1.807) is 21.8 Å². The number of benzene rings is 1. The number of anilines is 2. The molecule has 0 aliphatic carbocycles. The highest BCUT2D eigenvalue weighted by atomic mass is 16.4. The first kappa shape index (κ1) is 21.4. The fourth-order valence-corrected chi connectivity index (χ4v) is 4.13. The minimum atomic E-state index is -0.256. The van der Waals surface area contributed by atoms with Gasteiger partial charge in [-0.15, -0.1) is 0 Å². The fraction of sp³-hybridized carbons (Fsp3) is 0.417. The van der Waals surface area contributed by atoms with Crippen LogP contribution in [0.2, 0.25) is 0 Å². The van der Waals surface area contributed by atoms with E-state index in [0.29, 0.717) is 28.8 Å². The number of hydrogen-bond acceptors (Lipinski definition) is 7. The van der Waals surface area contributed by atoms with E-state index in [-0.39, 0.29) is 17.0 Å².